The normalized spacial score (nSPS) is 32.9. The molecule has 0 radical (unpaired) electrons. The zero-order chi connectivity index (χ0) is 10.3. The van der Waals surface area contributed by atoms with Gasteiger partial charge in [0.15, 0.2) is 0 Å². The minimum absolute atomic E-state index is 0.319. The van der Waals surface area contributed by atoms with E-state index >= 15 is 0 Å². The van der Waals surface area contributed by atoms with Crippen molar-refractivity contribution in [2.45, 2.75) is 18.1 Å². The van der Waals surface area contributed by atoms with Gasteiger partial charge in [0.25, 0.3) is 0 Å². The summed E-state index contributed by atoms with van der Waals surface area (Å²) < 4.78 is 0. The van der Waals surface area contributed by atoms with Crippen molar-refractivity contribution in [2.75, 3.05) is 13.1 Å². The van der Waals surface area contributed by atoms with Crippen LogP contribution in [0.2, 0.25) is 0 Å². The highest BCUT2D eigenvalue weighted by molar-refractivity contribution is 5.28. The van der Waals surface area contributed by atoms with Crippen LogP contribution in [0, 0.1) is 5.92 Å². The van der Waals surface area contributed by atoms with E-state index in [2.05, 4.69) is 41.0 Å². The van der Waals surface area contributed by atoms with Crippen LogP contribution in [0.3, 0.4) is 0 Å². The van der Waals surface area contributed by atoms with Crippen LogP contribution in [0.25, 0.3) is 0 Å². The van der Waals surface area contributed by atoms with Gasteiger partial charge in [-0.3, -0.25) is 10.6 Å². The van der Waals surface area contributed by atoms with E-state index in [0.29, 0.717) is 11.8 Å². The second kappa shape index (κ2) is 3.30. The lowest BCUT2D eigenvalue weighted by molar-refractivity contribution is 0.294. The molecule has 1 aliphatic carbocycles. The molecule has 1 aliphatic heterocycles. The molecule has 4 N–H and O–H groups in total. The number of nitrogens with two attached hydrogens (primary N) is 1. The lowest BCUT2D eigenvalue weighted by atomic mass is 10.1. The number of benzene rings is 1. The van der Waals surface area contributed by atoms with Gasteiger partial charge in [0.1, 0.15) is 5.79 Å². The third-order valence-electron chi connectivity index (χ3n) is 3.56. The fourth-order valence-corrected chi connectivity index (χ4v) is 2.63. The van der Waals surface area contributed by atoms with Crippen molar-refractivity contribution in [2.24, 2.45) is 11.7 Å². The highest BCUT2D eigenvalue weighted by Crippen LogP contribution is 2.51. The van der Waals surface area contributed by atoms with Crippen molar-refractivity contribution in [1.29, 1.82) is 0 Å². The highest BCUT2D eigenvalue weighted by atomic mass is 15.4. The Morgan fingerprint density at radius 2 is 1.80 bits per heavy atom. The van der Waals surface area contributed by atoms with Crippen molar-refractivity contribution in [3.8, 4) is 0 Å². The summed E-state index contributed by atoms with van der Waals surface area (Å²) in [5, 5.41) is 6.72. The van der Waals surface area contributed by atoms with Gasteiger partial charge in [-0.05, 0) is 17.9 Å². The number of rotatable bonds is 2. The van der Waals surface area contributed by atoms with Gasteiger partial charge in [-0.25, -0.2) is 0 Å². The predicted molar refractivity (Wildman–Crippen MR) is 60.2 cm³/mol. The predicted octanol–water partition coefficient (Wildman–Crippen LogP) is 0.595. The fraction of sp³-hybridized carbons (Fsp3) is 0.500. The molecule has 0 amide bonds. The van der Waals surface area contributed by atoms with Crippen LogP contribution >= 0.6 is 0 Å². The summed E-state index contributed by atoms with van der Waals surface area (Å²) in [5.41, 5.74) is 7.69. The van der Waals surface area contributed by atoms with E-state index in [1.165, 1.54) is 12.0 Å². The van der Waals surface area contributed by atoms with Crippen molar-refractivity contribution in [1.82, 2.24) is 10.6 Å². The van der Waals surface area contributed by atoms with Crippen molar-refractivity contribution < 1.29 is 0 Å². The van der Waals surface area contributed by atoms with Crippen LogP contribution in [-0.2, 0) is 0 Å². The lowest BCUT2D eigenvalue weighted by Gasteiger charge is -2.25. The first kappa shape index (κ1) is 9.33. The minimum Gasteiger partial charge on any atom is -0.301 e. The third kappa shape index (κ3) is 1.57. The minimum atomic E-state index is -0.319. The molecular formula is C12H17N3. The molecular weight excluding hydrogens is 186 g/mol. The van der Waals surface area contributed by atoms with Gasteiger partial charge in [-0.2, -0.15) is 0 Å². The standard InChI is InChI=1S/C12H17N3/c13-12(14-6-7-15-12)11-8-10(11)9-4-2-1-3-5-9/h1-5,10-11,14-15H,6-8,13H2. The first-order chi connectivity index (χ1) is 7.30. The largest absolute Gasteiger partial charge is 0.301 e. The Morgan fingerprint density at radius 1 is 1.13 bits per heavy atom. The summed E-state index contributed by atoms with van der Waals surface area (Å²) >= 11 is 0. The molecule has 2 fully saturated rings. The number of nitrogens with one attached hydrogen (secondary N) is 2. The Morgan fingerprint density at radius 3 is 2.47 bits per heavy atom. The third-order valence-corrected chi connectivity index (χ3v) is 3.56. The second-order valence-electron chi connectivity index (χ2n) is 4.58. The van der Waals surface area contributed by atoms with Crippen LogP contribution in [-0.4, -0.2) is 18.9 Å². The zero-order valence-corrected chi connectivity index (χ0v) is 8.74. The number of hydrogen-bond donors (Lipinski definition) is 3. The summed E-state index contributed by atoms with van der Waals surface area (Å²) in [6.07, 6.45) is 1.19. The Bertz CT molecular complexity index is 343. The van der Waals surface area contributed by atoms with Crippen molar-refractivity contribution >= 4 is 0 Å². The molecule has 15 heavy (non-hydrogen) atoms. The quantitative estimate of drug-likeness (QED) is 0.659. The molecule has 80 valence electrons. The topological polar surface area (TPSA) is 50.1 Å². The first-order valence-electron chi connectivity index (χ1n) is 5.63. The summed E-state index contributed by atoms with van der Waals surface area (Å²) in [7, 11) is 0. The Labute approximate surface area is 90.0 Å². The molecule has 2 unspecified atom stereocenters. The van der Waals surface area contributed by atoms with Crippen molar-refractivity contribution in [3.63, 3.8) is 0 Å². The van der Waals surface area contributed by atoms with Crippen LogP contribution in [0.1, 0.15) is 17.9 Å². The van der Waals surface area contributed by atoms with E-state index in [0.717, 1.165) is 13.1 Å². The second-order valence-corrected chi connectivity index (χ2v) is 4.58. The van der Waals surface area contributed by atoms with Gasteiger partial charge in [-0.1, -0.05) is 30.3 Å². The summed E-state index contributed by atoms with van der Waals surface area (Å²) in [6, 6.07) is 10.7. The fourth-order valence-electron chi connectivity index (χ4n) is 2.63. The molecule has 1 aromatic carbocycles. The molecule has 2 aliphatic rings. The van der Waals surface area contributed by atoms with Crippen LogP contribution in [0.4, 0.5) is 0 Å². The van der Waals surface area contributed by atoms with Gasteiger partial charge in [-0.15, -0.1) is 0 Å². The maximum Gasteiger partial charge on any atom is 0.124 e. The molecule has 0 bridgehead atoms. The van der Waals surface area contributed by atoms with Gasteiger partial charge in [0, 0.05) is 19.0 Å². The van der Waals surface area contributed by atoms with E-state index < -0.39 is 0 Å². The van der Waals surface area contributed by atoms with Crippen LogP contribution < -0.4 is 16.4 Å². The zero-order valence-electron chi connectivity index (χ0n) is 8.74. The Kier molecular flexibility index (Phi) is 2.06. The Hall–Kier alpha value is -0.900. The molecule has 1 saturated heterocycles. The maximum atomic E-state index is 6.27. The molecule has 2 atom stereocenters. The molecule has 3 heteroatoms. The average molecular weight is 203 g/mol. The average Bonchev–Trinajstić information content (AvgIpc) is 2.98. The Balaban J connectivity index is 1.74. The number of hydrogen-bond acceptors (Lipinski definition) is 3. The van der Waals surface area contributed by atoms with E-state index in [-0.39, 0.29) is 5.79 Å². The molecule has 1 aromatic rings. The molecule has 0 aromatic heterocycles. The van der Waals surface area contributed by atoms with Crippen LogP contribution in [0.15, 0.2) is 30.3 Å². The summed E-state index contributed by atoms with van der Waals surface area (Å²) in [5.74, 6) is 0.859. The molecule has 3 rings (SSSR count). The molecule has 1 saturated carbocycles. The first-order valence-corrected chi connectivity index (χ1v) is 5.63. The van der Waals surface area contributed by atoms with Crippen LogP contribution in [0.5, 0.6) is 0 Å². The molecule has 3 nitrogen and oxygen atoms in total. The molecule has 1 heterocycles. The highest BCUT2D eigenvalue weighted by Gasteiger charge is 2.52. The van der Waals surface area contributed by atoms with E-state index in [9.17, 15) is 0 Å². The lowest BCUT2D eigenvalue weighted by Crippen LogP contribution is -2.59. The van der Waals surface area contributed by atoms with E-state index in [4.69, 9.17) is 5.73 Å². The monoisotopic (exact) mass is 203 g/mol. The molecule has 0 spiro atoms. The van der Waals surface area contributed by atoms with E-state index in [1.54, 1.807) is 0 Å². The maximum absolute atomic E-state index is 6.27. The van der Waals surface area contributed by atoms with Crippen molar-refractivity contribution in [3.05, 3.63) is 35.9 Å². The van der Waals surface area contributed by atoms with Gasteiger partial charge >= 0.3 is 0 Å². The smallest absolute Gasteiger partial charge is 0.124 e. The summed E-state index contributed by atoms with van der Waals surface area (Å²) in [6.45, 7) is 1.96. The SMILES string of the molecule is NC1(C2CC2c2ccccc2)NCCN1. The van der Waals surface area contributed by atoms with Gasteiger partial charge < -0.3 is 5.73 Å². The summed E-state index contributed by atoms with van der Waals surface area (Å²) in [4.78, 5) is 0. The van der Waals surface area contributed by atoms with Gasteiger partial charge in [0.05, 0.1) is 0 Å². The van der Waals surface area contributed by atoms with E-state index in [1.807, 2.05) is 0 Å². The van der Waals surface area contributed by atoms with Gasteiger partial charge in [0.2, 0.25) is 0 Å².